The van der Waals surface area contributed by atoms with Gasteiger partial charge in [0.1, 0.15) is 0 Å². The second-order valence-corrected chi connectivity index (χ2v) is 4.36. The van der Waals surface area contributed by atoms with Crippen LogP contribution in [0.25, 0.3) is 0 Å². The van der Waals surface area contributed by atoms with Gasteiger partial charge < -0.3 is 14.6 Å². The van der Waals surface area contributed by atoms with E-state index in [4.69, 9.17) is 21.1 Å². The van der Waals surface area contributed by atoms with Crippen LogP contribution in [0.1, 0.15) is 24.5 Å². The molecule has 0 spiro atoms. The molecule has 0 heterocycles. The minimum absolute atomic E-state index is 0.343. The van der Waals surface area contributed by atoms with E-state index in [-0.39, 0.29) is 0 Å². The minimum atomic E-state index is -0.493. The third-order valence-corrected chi connectivity index (χ3v) is 3.29. The summed E-state index contributed by atoms with van der Waals surface area (Å²) in [5.41, 5.74) is 0.724. The molecule has 1 atom stereocenters. The smallest absolute Gasteiger partial charge is 0.179 e. The van der Waals surface area contributed by atoms with Gasteiger partial charge in [-0.2, -0.15) is 0 Å². The fraction of sp³-hybridized carbons (Fsp3) is 0.500. The number of ether oxygens (including phenoxy) is 2. The van der Waals surface area contributed by atoms with Crippen LogP contribution in [0, 0.1) is 5.92 Å². The number of methoxy groups -OCH3 is 2. The van der Waals surface area contributed by atoms with Crippen molar-refractivity contribution in [3.63, 3.8) is 0 Å². The van der Waals surface area contributed by atoms with Gasteiger partial charge in [-0.1, -0.05) is 17.7 Å². The molecule has 1 aliphatic carbocycles. The Morgan fingerprint density at radius 2 is 2.00 bits per heavy atom. The minimum Gasteiger partial charge on any atom is -0.493 e. The molecule has 1 aliphatic rings. The summed E-state index contributed by atoms with van der Waals surface area (Å²) in [7, 11) is 3.10. The third kappa shape index (κ3) is 1.97. The van der Waals surface area contributed by atoms with E-state index in [1.807, 2.05) is 0 Å². The van der Waals surface area contributed by atoms with E-state index < -0.39 is 6.10 Å². The number of benzene rings is 1. The van der Waals surface area contributed by atoms with Gasteiger partial charge in [-0.25, -0.2) is 0 Å². The van der Waals surface area contributed by atoms with Gasteiger partial charge in [-0.3, -0.25) is 0 Å². The average Bonchev–Trinajstić information content (AvgIpc) is 3.11. The predicted octanol–water partition coefficient (Wildman–Crippen LogP) is 2.80. The van der Waals surface area contributed by atoms with E-state index in [0.717, 1.165) is 18.4 Å². The summed E-state index contributed by atoms with van der Waals surface area (Å²) in [6.45, 7) is 0. The quantitative estimate of drug-likeness (QED) is 0.883. The van der Waals surface area contributed by atoms with Gasteiger partial charge in [-0.05, 0) is 24.8 Å². The zero-order valence-corrected chi connectivity index (χ0v) is 10.1. The number of aliphatic hydroxyl groups excluding tert-OH is 1. The van der Waals surface area contributed by atoms with Crippen LogP contribution in [0.2, 0.25) is 5.02 Å². The van der Waals surface area contributed by atoms with Crippen LogP contribution >= 0.6 is 11.6 Å². The Labute approximate surface area is 99.9 Å². The number of aliphatic hydroxyl groups is 1. The molecule has 1 saturated carbocycles. The van der Waals surface area contributed by atoms with Gasteiger partial charge in [0.2, 0.25) is 0 Å². The maximum absolute atomic E-state index is 10.0. The Kier molecular flexibility index (Phi) is 3.26. The molecule has 0 aliphatic heterocycles. The van der Waals surface area contributed by atoms with E-state index in [2.05, 4.69) is 0 Å². The van der Waals surface area contributed by atoms with Crippen LogP contribution in [0.4, 0.5) is 0 Å². The Balaban J connectivity index is 2.39. The van der Waals surface area contributed by atoms with Crippen molar-refractivity contribution in [2.75, 3.05) is 14.2 Å². The standard InChI is InChI=1S/C12H15ClO3/c1-15-9-6-5-8(10(13)12(9)16-2)11(14)7-3-4-7/h5-7,11,14H,3-4H2,1-2H3. The van der Waals surface area contributed by atoms with E-state index in [9.17, 15) is 5.11 Å². The molecule has 3 nitrogen and oxygen atoms in total. The lowest BCUT2D eigenvalue weighted by molar-refractivity contribution is 0.153. The number of hydrogen-bond donors (Lipinski definition) is 1. The highest BCUT2D eigenvalue weighted by atomic mass is 35.5. The van der Waals surface area contributed by atoms with Gasteiger partial charge in [0.05, 0.1) is 25.3 Å². The SMILES string of the molecule is COc1ccc(C(O)C2CC2)c(Cl)c1OC. The average molecular weight is 243 g/mol. The van der Waals surface area contributed by atoms with Crippen LogP contribution in [0.5, 0.6) is 11.5 Å². The highest BCUT2D eigenvalue weighted by Gasteiger charge is 2.33. The van der Waals surface area contributed by atoms with Gasteiger partial charge in [0.15, 0.2) is 11.5 Å². The van der Waals surface area contributed by atoms with E-state index in [0.29, 0.717) is 22.4 Å². The molecule has 1 aromatic carbocycles. The molecule has 1 N–H and O–H groups in total. The van der Waals surface area contributed by atoms with Gasteiger partial charge in [-0.15, -0.1) is 0 Å². The molecule has 0 amide bonds. The summed E-state index contributed by atoms with van der Waals surface area (Å²) in [6, 6.07) is 3.57. The van der Waals surface area contributed by atoms with Crippen molar-refractivity contribution in [2.45, 2.75) is 18.9 Å². The van der Waals surface area contributed by atoms with Crippen molar-refractivity contribution in [1.82, 2.24) is 0 Å². The normalized spacial score (nSPS) is 17.0. The van der Waals surface area contributed by atoms with Crippen LogP contribution < -0.4 is 9.47 Å². The second-order valence-electron chi connectivity index (χ2n) is 3.99. The second kappa shape index (κ2) is 4.52. The molecule has 1 fully saturated rings. The van der Waals surface area contributed by atoms with E-state index >= 15 is 0 Å². The van der Waals surface area contributed by atoms with Crippen molar-refractivity contribution in [3.05, 3.63) is 22.7 Å². The Hall–Kier alpha value is -0.930. The maximum atomic E-state index is 10.0. The van der Waals surface area contributed by atoms with Crippen molar-refractivity contribution in [3.8, 4) is 11.5 Å². The molecule has 0 aromatic heterocycles. The lowest BCUT2D eigenvalue weighted by Crippen LogP contribution is -2.02. The first-order valence-electron chi connectivity index (χ1n) is 5.27. The lowest BCUT2D eigenvalue weighted by Gasteiger charge is -2.16. The molecular weight excluding hydrogens is 228 g/mol. The zero-order chi connectivity index (χ0) is 11.7. The zero-order valence-electron chi connectivity index (χ0n) is 9.37. The van der Waals surface area contributed by atoms with Crippen molar-refractivity contribution >= 4 is 11.6 Å². The first-order valence-corrected chi connectivity index (χ1v) is 5.65. The first-order chi connectivity index (χ1) is 7.69. The first kappa shape index (κ1) is 11.6. The molecule has 0 bridgehead atoms. The van der Waals surface area contributed by atoms with Crippen molar-refractivity contribution < 1.29 is 14.6 Å². The predicted molar refractivity (Wildman–Crippen MR) is 62.2 cm³/mol. The van der Waals surface area contributed by atoms with Gasteiger partial charge >= 0.3 is 0 Å². The summed E-state index contributed by atoms with van der Waals surface area (Å²) in [5.74, 6) is 1.41. The fourth-order valence-corrected chi connectivity index (χ4v) is 2.14. The van der Waals surface area contributed by atoms with E-state index in [1.165, 1.54) is 7.11 Å². The monoisotopic (exact) mass is 242 g/mol. The Morgan fingerprint density at radius 3 is 2.50 bits per heavy atom. The number of hydrogen-bond acceptors (Lipinski definition) is 3. The Bertz CT molecular complexity index is 388. The topological polar surface area (TPSA) is 38.7 Å². The molecular formula is C12H15ClO3. The Morgan fingerprint density at radius 1 is 1.31 bits per heavy atom. The lowest BCUT2D eigenvalue weighted by atomic mass is 10.0. The number of halogens is 1. The summed E-state index contributed by atoms with van der Waals surface area (Å²) in [6.07, 6.45) is 1.63. The van der Waals surface area contributed by atoms with Crippen LogP contribution in [0.15, 0.2) is 12.1 Å². The summed E-state index contributed by atoms with van der Waals surface area (Å²) in [4.78, 5) is 0. The molecule has 1 aromatic rings. The molecule has 0 radical (unpaired) electrons. The molecule has 0 saturated heterocycles. The highest BCUT2D eigenvalue weighted by molar-refractivity contribution is 6.33. The van der Waals surface area contributed by atoms with Crippen LogP contribution in [0.3, 0.4) is 0 Å². The third-order valence-electron chi connectivity index (χ3n) is 2.90. The van der Waals surface area contributed by atoms with Gasteiger partial charge in [0, 0.05) is 5.56 Å². The largest absolute Gasteiger partial charge is 0.493 e. The number of rotatable bonds is 4. The molecule has 4 heteroatoms. The van der Waals surface area contributed by atoms with Crippen molar-refractivity contribution in [2.24, 2.45) is 5.92 Å². The molecule has 88 valence electrons. The van der Waals surface area contributed by atoms with Crippen LogP contribution in [-0.4, -0.2) is 19.3 Å². The van der Waals surface area contributed by atoms with Gasteiger partial charge in [0.25, 0.3) is 0 Å². The fourth-order valence-electron chi connectivity index (χ4n) is 1.80. The van der Waals surface area contributed by atoms with Crippen LogP contribution in [-0.2, 0) is 0 Å². The molecule has 16 heavy (non-hydrogen) atoms. The molecule has 2 rings (SSSR count). The maximum Gasteiger partial charge on any atom is 0.179 e. The summed E-state index contributed by atoms with van der Waals surface area (Å²) < 4.78 is 10.3. The van der Waals surface area contributed by atoms with Crippen molar-refractivity contribution in [1.29, 1.82) is 0 Å². The summed E-state index contributed by atoms with van der Waals surface area (Å²) in [5, 5.41) is 10.5. The van der Waals surface area contributed by atoms with E-state index in [1.54, 1.807) is 19.2 Å². The summed E-state index contributed by atoms with van der Waals surface area (Å²) >= 11 is 6.19. The highest BCUT2D eigenvalue weighted by Crippen LogP contribution is 2.46. The molecule has 1 unspecified atom stereocenters.